The summed E-state index contributed by atoms with van der Waals surface area (Å²) in [5.74, 6) is -0.808. The van der Waals surface area contributed by atoms with Crippen LogP contribution in [0.25, 0.3) is 11.1 Å². The Morgan fingerprint density at radius 1 is 1.10 bits per heavy atom. The van der Waals surface area contributed by atoms with Crippen LogP contribution in [-0.2, 0) is 14.4 Å². The Hall–Kier alpha value is -3.19. The molecule has 2 aromatic carbocycles. The molecule has 156 valence electrons. The van der Waals surface area contributed by atoms with Crippen LogP contribution < -0.4 is 20.9 Å². The predicted molar refractivity (Wildman–Crippen MR) is 115 cm³/mol. The quantitative estimate of drug-likeness (QED) is 0.722. The molecular formula is C23H26N4O3. The van der Waals surface area contributed by atoms with Crippen molar-refractivity contribution in [1.29, 1.82) is 0 Å². The zero-order chi connectivity index (χ0) is 21.3. The van der Waals surface area contributed by atoms with Crippen molar-refractivity contribution < 1.29 is 14.4 Å². The van der Waals surface area contributed by atoms with E-state index in [0.717, 1.165) is 41.8 Å². The number of carbonyl (C=O) groups is 3. The molecule has 3 amide bonds. The lowest BCUT2D eigenvalue weighted by Gasteiger charge is -2.25. The van der Waals surface area contributed by atoms with Crippen LogP contribution in [0.4, 0.5) is 5.69 Å². The highest BCUT2D eigenvalue weighted by molar-refractivity contribution is 6.06. The second-order valence-electron chi connectivity index (χ2n) is 7.82. The Morgan fingerprint density at radius 3 is 2.53 bits per heavy atom. The molecule has 7 heteroatoms. The molecule has 1 saturated heterocycles. The molecule has 3 atom stereocenters. The summed E-state index contributed by atoms with van der Waals surface area (Å²) >= 11 is 0. The molecule has 1 unspecified atom stereocenters. The van der Waals surface area contributed by atoms with Crippen molar-refractivity contribution in [2.45, 2.75) is 37.9 Å². The van der Waals surface area contributed by atoms with Crippen molar-refractivity contribution in [2.75, 3.05) is 18.5 Å². The van der Waals surface area contributed by atoms with E-state index in [-0.39, 0.29) is 17.9 Å². The van der Waals surface area contributed by atoms with E-state index in [0.29, 0.717) is 0 Å². The fourth-order valence-corrected chi connectivity index (χ4v) is 4.13. The van der Waals surface area contributed by atoms with E-state index in [1.54, 1.807) is 18.9 Å². The molecule has 30 heavy (non-hydrogen) atoms. The van der Waals surface area contributed by atoms with Crippen molar-refractivity contribution >= 4 is 23.4 Å². The summed E-state index contributed by atoms with van der Waals surface area (Å²) in [4.78, 5) is 40.1. The van der Waals surface area contributed by atoms with Gasteiger partial charge in [-0.25, -0.2) is 0 Å². The van der Waals surface area contributed by atoms with Gasteiger partial charge in [0.2, 0.25) is 11.8 Å². The molecule has 1 fully saturated rings. The Kier molecular flexibility index (Phi) is 5.55. The number of benzene rings is 2. The van der Waals surface area contributed by atoms with E-state index in [1.165, 1.54) is 0 Å². The monoisotopic (exact) mass is 406 g/mol. The van der Waals surface area contributed by atoms with E-state index in [9.17, 15) is 14.4 Å². The van der Waals surface area contributed by atoms with E-state index in [1.807, 2.05) is 48.5 Å². The van der Waals surface area contributed by atoms with Gasteiger partial charge in [-0.2, -0.15) is 0 Å². The first-order valence-electron chi connectivity index (χ1n) is 10.3. The van der Waals surface area contributed by atoms with Crippen LogP contribution in [0, 0.1) is 0 Å². The Bertz CT molecular complexity index is 984. The fraction of sp³-hybridized carbons (Fsp3) is 0.348. The van der Waals surface area contributed by atoms with Crippen molar-refractivity contribution in [2.24, 2.45) is 0 Å². The minimum Gasteiger partial charge on any atom is -0.343 e. The number of hydrogen-bond acceptors (Lipinski definition) is 4. The number of nitrogens with one attached hydrogen (secondary N) is 3. The molecule has 0 aromatic heterocycles. The molecular weight excluding hydrogens is 380 g/mol. The maximum absolute atomic E-state index is 13.3. The van der Waals surface area contributed by atoms with Gasteiger partial charge in [-0.05, 0) is 43.5 Å². The summed E-state index contributed by atoms with van der Waals surface area (Å²) in [5.41, 5.74) is 3.38. The van der Waals surface area contributed by atoms with Crippen molar-refractivity contribution in [3.8, 4) is 11.1 Å². The van der Waals surface area contributed by atoms with E-state index < -0.39 is 18.0 Å². The van der Waals surface area contributed by atoms with Crippen LogP contribution in [0.2, 0.25) is 0 Å². The molecule has 2 heterocycles. The van der Waals surface area contributed by atoms with Gasteiger partial charge in [0, 0.05) is 12.6 Å². The highest BCUT2D eigenvalue weighted by Crippen LogP contribution is 2.39. The van der Waals surface area contributed by atoms with Gasteiger partial charge >= 0.3 is 0 Å². The standard InChI is InChI=1S/C23H26N4O3/c1-14(25-22(29)18-11-7-13-24-18)21(28)26-20-17-10-4-3-8-15(17)16-9-5-6-12-19(16)27(2)23(20)30/h3-6,8-10,12,14,18,20,24H,7,11,13H2,1-2H3,(H,25,29)(H,26,28)/t14-,18-,20?/m0/s1. The van der Waals surface area contributed by atoms with Gasteiger partial charge < -0.3 is 20.9 Å². The normalized spacial score (nSPS) is 21.3. The number of rotatable bonds is 4. The minimum absolute atomic E-state index is 0.188. The van der Waals surface area contributed by atoms with Gasteiger partial charge in [-0.3, -0.25) is 14.4 Å². The first-order chi connectivity index (χ1) is 14.5. The summed E-state index contributed by atoms with van der Waals surface area (Å²) in [6.07, 6.45) is 1.70. The molecule has 0 spiro atoms. The molecule has 2 aliphatic rings. The molecule has 0 aliphatic carbocycles. The number of likely N-dealkylation sites (N-methyl/N-ethyl adjacent to an activating group) is 1. The SMILES string of the molecule is C[C@H](NC(=O)[C@@H]1CCCN1)C(=O)NC1C(=O)N(C)c2ccccc2-c2ccccc21. The molecule has 4 rings (SSSR count). The van der Waals surface area contributed by atoms with Crippen molar-refractivity contribution in [1.82, 2.24) is 16.0 Å². The Labute approximate surface area is 175 Å². The lowest BCUT2D eigenvalue weighted by molar-refractivity contribution is -0.131. The zero-order valence-electron chi connectivity index (χ0n) is 17.1. The summed E-state index contributed by atoms with van der Waals surface area (Å²) in [6.45, 7) is 2.44. The van der Waals surface area contributed by atoms with Gasteiger partial charge in [-0.15, -0.1) is 0 Å². The smallest absolute Gasteiger partial charge is 0.253 e. The number of nitrogens with zero attached hydrogens (tertiary/aromatic N) is 1. The topological polar surface area (TPSA) is 90.5 Å². The van der Waals surface area contributed by atoms with Gasteiger partial charge in [0.15, 0.2) is 0 Å². The van der Waals surface area contributed by atoms with E-state index >= 15 is 0 Å². The minimum atomic E-state index is -0.838. The van der Waals surface area contributed by atoms with Crippen LogP contribution in [0.3, 0.4) is 0 Å². The molecule has 2 aromatic rings. The second-order valence-corrected chi connectivity index (χ2v) is 7.82. The van der Waals surface area contributed by atoms with Crippen molar-refractivity contribution in [3.63, 3.8) is 0 Å². The van der Waals surface area contributed by atoms with Gasteiger partial charge in [0.05, 0.1) is 11.7 Å². The van der Waals surface area contributed by atoms with E-state index in [2.05, 4.69) is 16.0 Å². The molecule has 3 N–H and O–H groups in total. The van der Waals surface area contributed by atoms with Gasteiger partial charge in [-0.1, -0.05) is 42.5 Å². The first-order valence-corrected chi connectivity index (χ1v) is 10.3. The predicted octanol–water partition coefficient (Wildman–Crippen LogP) is 1.74. The number of anilines is 1. The lowest BCUT2D eigenvalue weighted by Crippen LogP contribution is -2.52. The third-order valence-electron chi connectivity index (χ3n) is 5.82. The summed E-state index contributed by atoms with van der Waals surface area (Å²) in [7, 11) is 1.71. The molecule has 0 saturated carbocycles. The summed E-state index contributed by atoms with van der Waals surface area (Å²) < 4.78 is 0. The second kappa shape index (κ2) is 8.28. The number of hydrogen-bond donors (Lipinski definition) is 3. The third-order valence-corrected chi connectivity index (χ3v) is 5.82. The highest BCUT2D eigenvalue weighted by Gasteiger charge is 2.34. The largest absolute Gasteiger partial charge is 0.343 e. The number of fused-ring (bicyclic) bond motifs is 3. The average molecular weight is 406 g/mol. The van der Waals surface area contributed by atoms with Crippen LogP contribution in [0.5, 0.6) is 0 Å². The number of para-hydroxylation sites is 1. The lowest BCUT2D eigenvalue weighted by atomic mass is 9.95. The first kappa shape index (κ1) is 20.1. The Balaban J connectivity index is 1.58. The molecule has 7 nitrogen and oxygen atoms in total. The van der Waals surface area contributed by atoms with Crippen LogP contribution in [0.1, 0.15) is 31.4 Å². The van der Waals surface area contributed by atoms with Gasteiger partial charge in [0.1, 0.15) is 12.1 Å². The fourth-order valence-electron chi connectivity index (χ4n) is 4.13. The Morgan fingerprint density at radius 2 is 1.80 bits per heavy atom. The maximum atomic E-state index is 13.3. The van der Waals surface area contributed by atoms with Crippen LogP contribution >= 0.6 is 0 Å². The van der Waals surface area contributed by atoms with Crippen molar-refractivity contribution in [3.05, 3.63) is 54.1 Å². The average Bonchev–Trinajstić information content (AvgIpc) is 3.29. The van der Waals surface area contributed by atoms with Gasteiger partial charge in [0.25, 0.3) is 5.91 Å². The maximum Gasteiger partial charge on any atom is 0.253 e. The summed E-state index contributed by atoms with van der Waals surface area (Å²) in [6, 6.07) is 13.4. The highest BCUT2D eigenvalue weighted by atomic mass is 16.2. The molecule has 0 radical (unpaired) electrons. The van der Waals surface area contributed by atoms with E-state index in [4.69, 9.17) is 0 Å². The summed E-state index contributed by atoms with van der Waals surface area (Å²) in [5, 5.41) is 8.74. The number of amides is 3. The third kappa shape index (κ3) is 3.68. The zero-order valence-corrected chi connectivity index (χ0v) is 17.1. The molecule has 0 bridgehead atoms. The number of carbonyl (C=O) groups excluding carboxylic acids is 3. The van der Waals surface area contributed by atoms with Crippen LogP contribution in [-0.4, -0.2) is 43.4 Å². The van der Waals surface area contributed by atoms with Crippen LogP contribution in [0.15, 0.2) is 48.5 Å². The molecule has 2 aliphatic heterocycles.